The van der Waals surface area contributed by atoms with E-state index in [1.807, 2.05) is 10.9 Å². The van der Waals surface area contributed by atoms with Gasteiger partial charge in [-0.05, 0) is 45.2 Å². The molecule has 1 amide bonds. The van der Waals surface area contributed by atoms with Gasteiger partial charge in [-0.3, -0.25) is 4.79 Å². The molecule has 0 saturated carbocycles. The zero-order valence-electron chi connectivity index (χ0n) is 15.1. The molecule has 1 aliphatic rings. The first-order valence-electron chi connectivity index (χ1n) is 8.94. The Labute approximate surface area is 147 Å². The number of carbonyl (C=O) groups excluding carboxylic acids is 1. The van der Waals surface area contributed by atoms with Crippen LogP contribution in [0.3, 0.4) is 0 Å². The molecule has 1 aliphatic heterocycles. The number of piperidine rings is 1. The summed E-state index contributed by atoms with van der Waals surface area (Å²) in [6, 6.07) is 2.41. The number of nitrogens with zero attached hydrogens (tertiary/aromatic N) is 4. The molecule has 3 N–H and O–H groups in total. The second kappa shape index (κ2) is 7.09. The van der Waals surface area contributed by atoms with Gasteiger partial charge in [0.15, 0.2) is 5.65 Å². The van der Waals surface area contributed by atoms with E-state index in [0.29, 0.717) is 19.0 Å². The summed E-state index contributed by atoms with van der Waals surface area (Å²) in [6.07, 6.45) is 2.48. The molecule has 136 valence electrons. The van der Waals surface area contributed by atoms with E-state index in [-0.39, 0.29) is 18.5 Å². The molecule has 7 heteroatoms. The Morgan fingerprint density at radius 1 is 1.40 bits per heavy atom. The molecule has 2 aromatic rings. The predicted molar refractivity (Wildman–Crippen MR) is 96.3 cm³/mol. The maximum Gasteiger partial charge on any atom is 0.252 e. The van der Waals surface area contributed by atoms with Gasteiger partial charge in [-0.1, -0.05) is 0 Å². The third-order valence-corrected chi connectivity index (χ3v) is 5.02. The quantitative estimate of drug-likeness (QED) is 0.872. The molecule has 1 atom stereocenters. The Morgan fingerprint density at radius 2 is 2.08 bits per heavy atom. The minimum atomic E-state index is -1.09. The van der Waals surface area contributed by atoms with Gasteiger partial charge in [0.25, 0.3) is 5.91 Å². The van der Waals surface area contributed by atoms with Crippen LogP contribution in [0.4, 0.5) is 0 Å². The molecule has 0 aromatic carbocycles. The molecule has 3 heterocycles. The monoisotopic (exact) mass is 345 g/mol. The van der Waals surface area contributed by atoms with Gasteiger partial charge in [0.2, 0.25) is 0 Å². The largest absolute Gasteiger partial charge is 0.382 e. The van der Waals surface area contributed by atoms with Crippen molar-refractivity contribution in [2.45, 2.75) is 51.7 Å². The Hall–Kier alpha value is -1.99. The van der Waals surface area contributed by atoms with E-state index in [1.165, 1.54) is 5.56 Å². The highest BCUT2D eigenvalue weighted by atomic mass is 16.3. The van der Waals surface area contributed by atoms with Crippen molar-refractivity contribution in [2.75, 3.05) is 19.6 Å². The van der Waals surface area contributed by atoms with Gasteiger partial charge in [-0.2, -0.15) is 5.10 Å². The fourth-order valence-corrected chi connectivity index (χ4v) is 3.49. The van der Waals surface area contributed by atoms with Crippen LogP contribution in [-0.2, 0) is 4.79 Å². The van der Waals surface area contributed by atoms with Crippen LogP contribution in [0.25, 0.3) is 11.0 Å². The third-order valence-electron chi connectivity index (χ3n) is 5.02. The fourth-order valence-electron chi connectivity index (χ4n) is 3.49. The molecule has 0 aliphatic carbocycles. The number of hydrogen-bond donors (Lipinski definition) is 2. The van der Waals surface area contributed by atoms with Gasteiger partial charge in [0, 0.05) is 42.7 Å². The smallest absolute Gasteiger partial charge is 0.252 e. The highest BCUT2D eigenvalue weighted by Gasteiger charge is 2.28. The predicted octanol–water partition coefficient (Wildman–Crippen LogP) is 1.35. The molecule has 0 radical (unpaired) electrons. The zero-order chi connectivity index (χ0) is 18.1. The number of aromatic nitrogens is 3. The van der Waals surface area contributed by atoms with Crippen LogP contribution < -0.4 is 5.73 Å². The molecule has 0 bridgehead atoms. The average molecular weight is 345 g/mol. The summed E-state index contributed by atoms with van der Waals surface area (Å²) in [5.41, 5.74) is 8.57. The Kier molecular flexibility index (Phi) is 5.06. The van der Waals surface area contributed by atoms with Crippen LogP contribution in [0.15, 0.2) is 12.3 Å². The molecule has 3 rings (SSSR count). The molecule has 2 aromatic heterocycles. The zero-order valence-corrected chi connectivity index (χ0v) is 15.1. The summed E-state index contributed by atoms with van der Waals surface area (Å²) in [5, 5.41) is 15.2. The van der Waals surface area contributed by atoms with Crippen molar-refractivity contribution in [1.29, 1.82) is 0 Å². The number of aliphatic hydroxyl groups is 1. The van der Waals surface area contributed by atoms with Gasteiger partial charge in [-0.15, -0.1) is 0 Å². The van der Waals surface area contributed by atoms with E-state index in [4.69, 9.17) is 10.7 Å². The van der Waals surface area contributed by atoms with E-state index in [2.05, 4.69) is 31.9 Å². The van der Waals surface area contributed by atoms with Crippen LogP contribution in [0.5, 0.6) is 0 Å². The second-order valence-corrected chi connectivity index (χ2v) is 7.14. The molecule has 1 fully saturated rings. The van der Waals surface area contributed by atoms with Crippen LogP contribution in [0.2, 0.25) is 0 Å². The first-order chi connectivity index (χ1) is 11.9. The SMILES string of the molecule is Cc1cc(C2CCN(C(=O)C(O)CN)CC2)nc2c1cnn2C(C)C. The number of nitrogens with two attached hydrogens (primary N) is 1. The highest BCUT2D eigenvalue weighted by Crippen LogP contribution is 2.30. The fraction of sp³-hybridized carbons (Fsp3) is 0.611. The Balaban J connectivity index is 1.79. The normalized spacial score (nSPS) is 17.4. The summed E-state index contributed by atoms with van der Waals surface area (Å²) in [5.74, 6) is 0.0520. The topological polar surface area (TPSA) is 97.3 Å². The lowest BCUT2D eigenvalue weighted by atomic mass is 9.92. The van der Waals surface area contributed by atoms with Gasteiger partial charge >= 0.3 is 0 Å². The van der Waals surface area contributed by atoms with E-state index in [9.17, 15) is 9.90 Å². The van der Waals surface area contributed by atoms with Crippen LogP contribution in [0, 0.1) is 6.92 Å². The van der Waals surface area contributed by atoms with Gasteiger partial charge in [0.05, 0.1) is 6.20 Å². The number of amides is 1. The van der Waals surface area contributed by atoms with E-state index < -0.39 is 6.10 Å². The summed E-state index contributed by atoms with van der Waals surface area (Å²) < 4.78 is 1.96. The van der Waals surface area contributed by atoms with Gasteiger partial charge < -0.3 is 15.7 Å². The number of fused-ring (bicyclic) bond motifs is 1. The highest BCUT2D eigenvalue weighted by molar-refractivity contribution is 5.81. The molecular formula is C18H27N5O2. The van der Waals surface area contributed by atoms with E-state index in [1.54, 1.807) is 4.90 Å². The summed E-state index contributed by atoms with van der Waals surface area (Å²) in [4.78, 5) is 18.7. The number of carbonyl (C=O) groups is 1. The van der Waals surface area contributed by atoms with Gasteiger partial charge in [0.1, 0.15) is 6.10 Å². The van der Waals surface area contributed by atoms with E-state index in [0.717, 1.165) is 29.6 Å². The number of aliphatic hydroxyl groups excluding tert-OH is 1. The van der Waals surface area contributed by atoms with Crippen molar-refractivity contribution in [3.05, 3.63) is 23.5 Å². The molecule has 1 unspecified atom stereocenters. The number of rotatable bonds is 4. The van der Waals surface area contributed by atoms with Crippen molar-refractivity contribution in [3.8, 4) is 0 Å². The van der Waals surface area contributed by atoms with Crippen molar-refractivity contribution >= 4 is 16.9 Å². The molecular weight excluding hydrogens is 318 g/mol. The number of hydrogen-bond acceptors (Lipinski definition) is 5. The molecule has 7 nitrogen and oxygen atoms in total. The molecule has 1 saturated heterocycles. The van der Waals surface area contributed by atoms with E-state index >= 15 is 0 Å². The summed E-state index contributed by atoms with van der Waals surface area (Å²) in [7, 11) is 0. The lowest BCUT2D eigenvalue weighted by molar-refractivity contribution is -0.140. The minimum absolute atomic E-state index is 0.0324. The Bertz CT molecular complexity index is 762. The lowest BCUT2D eigenvalue weighted by Gasteiger charge is -2.33. The number of pyridine rings is 1. The van der Waals surface area contributed by atoms with Crippen molar-refractivity contribution in [1.82, 2.24) is 19.7 Å². The second-order valence-electron chi connectivity index (χ2n) is 7.14. The van der Waals surface area contributed by atoms with Crippen LogP contribution in [-0.4, -0.2) is 56.4 Å². The summed E-state index contributed by atoms with van der Waals surface area (Å²) >= 11 is 0. The Morgan fingerprint density at radius 3 is 2.68 bits per heavy atom. The minimum Gasteiger partial charge on any atom is -0.382 e. The van der Waals surface area contributed by atoms with Gasteiger partial charge in [-0.25, -0.2) is 9.67 Å². The number of aryl methyl sites for hydroxylation is 1. The number of likely N-dealkylation sites (tertiary alicyclic amines) is 1. The van der Waals surface area contributed by atoms with Crippen LogP contribution in [0.1, 0.15) is 49.9 Å². The van der Waals surface area contributed by atoms with Crippen molar-refractivity contribution < 1.29 is 9.90 Å². The van der Waals surface area contributed by atoms with Crippen molar-refractivity contribution in [3.63, 3.8) is 0 Å². The third kappa shape index (κ3) is 3.39. The first kappa shape index (κ1) is 17.8. The van der Waals surface area contributed by atoms with Crippen LogP contribution >= 0.6 is 0 Å². The lowest BCUT2D eigenvalue weighted by Crippen LogP contribution is -2.46. The standard InChI is InChI=1S/C18H27N5O2/c1-11(2)23-17-14(10-20-23)12(3)8-15(21-17)13-4-6-22(7-5-13)18(25)16(24)9-19/h8,10-11,13,16,24H,4-7,9,19H2,1-3H3. The summed E-state index contributed by atoms with van der Waals surface area (Å²) in [6.45, 7) is 7.52. The maximum atomic E-state index is 12.1. The molecule has 0 spiro atoms. The maximum absolute atomic E-state index is 12.1. The first-order valence-corrected chi connectivity index (χ1v) is 8.94. The van der Waals surface area contributed by atoms with Crippen molar-refractivity contribution in [2.24, 2.45) is 5.73 Å². The average Bonchev–Trinajstić information content (AvgIpc) is 3.05. The molecule has 25 heavy (non-hydrogen) atoms.